The Morgan fingerprint density at radius 3 is 2.43 bits per heavy atom. The molecule has 1 heterocycles. The molecule has 0 spiro atoms. The lowest BCUT2D eigenvalue weighted by Crippen LogP contribution is -2.56. The molecule has 1 aliphatic heterocycles. The minimum Gasteiger partial charge on any atom is -0.336 e. The van der Waals surface area contributed by atoms with Crippen molar-refractivity contribution in [2.45, 2.75) is 31.1 Å². The van der Waals surface area contributed by atoms with Gasteiger partial charge in [0, 0.05) is 25.7 Å². The van der Waals surface area contributed by atoms with Crippen molar-refractivity contribution < 1.29 is 4.79 Å². The molecule has 0 saturated carbocycles. The van der Waals surface area contributed by atoms with Crippen LogP contribution >= 0.6 is 15.9 Å². The second kappa shape index (κ2) is 4.19. The van der Waals surface area contributed by atoms with Gasteiger partial charge in [0.15, 0.2) is 0 Å². The fraction of sp³-hybridized carbons (Fsp3) is 0.900. The average Bonchev–Trinajstić information content (AvgIpc) is 2.01. The summed E-state index contributed by atoms with van der Waals surface area (Å²) in [5.41, 5.74) is 0. The first-order valence-electron chi connectivity index (χ1n) is 5.01. The molecule has 4 heteroatoms. The van der Waals surface area contributed by atoms with Gasteiger partial charge in [0.1, 0.15) is 0 Å². The van der Waals surface area contributed by atoms with Gasteiger partial charge < -0.3 is 9.80 Å². The number of hydrogen-bond acceptors (Lipinski definition) is 2. The van der Waals surface area contributed by atoms with Crippen LogP contribution in [-0.2, 0) is 4.79 Å². The van der Waals surface area contributed by atoms with E-state index in [0.717, 1.165) is 19.6 Å². The predicted octanol–water partition coefficient (Wildman–Crippen LogP) is 1.32. The maximum absolute atomic E-state index is 12.0. The highest BCUT2D eigenvalue weighted by Crippen LogP contribution is 2.22. The lowest BCUT2D eigenvalue weighted by molar-refractivity contribution is -0.137. The third kappa shape index (κ3) is 2.70. The SMILES string of the molecule is CC1CN(C)CCN1C(=O)C(C)(C)Br. The number of alkyl halides is 1. The zero-order valence-electron chi connectivity index (χ0n) is 9.38. The number of amides is 1. The van der Waals surface area contributed by atoms with E-state index in [1.807, 2.05) is 18.7 Å². The molecule has 0 radical (unpaired) electrons. The maximum Gasteiger partial charge on any atom is 0.239 e. The second-order valence-corrected chi connectivity index (χ2v) is 6.56. The number of likely N-dealkylation sites (N-methyl/N-ethyl adjacent to an activating group) is 1. The molecule has 1 saturated heterocycles. The van der Waals surface area contributed by atoms with Crippen LogP contribution in [0.4, 0.5) is 0 Å². The van der Waals surface area contributed by atoms with Crippen LogP contribution in [0.25, 0.3) is 0 Å². The van der Waals surface area contributed by atoms with E-state index in [9.17, 15) is 4.79 Å². The number of carbonyl (C=O) groups is 1. The summed E-state index contributed by atoms with van der Waals surface area (Å²) in [4.78, 5) is 16.2. The monoisotopic (exact) mass is 262 g/mol. The van der Waals surface area contributed by atoms with E-state index in [0.29, 0.717) is 6.04 Å². The molecule has 0 aromatic rings. The van der Waals surface area contributed by atoms with Crippen LogP contribution in [0.3, 0.4) is 0 Å². The van der Waals surface area contributed by atoms with Gasteiger partial charge in [0.25, 0.3) is 0 Å². The summed E-state index contributed by atoms with van der Waals surface area (Å²) in [5, 5.41) is 0. The third-order valence-electron chi connectivity index (χ3n) is 2.60. The molecule has 82 valence electrons. The van der Waals surface area contributed by atoms with Gasteiger partial charge in [-0.3, -0.25) is 4.79 Å². The summed E-state index contributed by atoms with van der Waals surface area (Å²) >= 11 is 3.42. The zero-order valence-corrected chi connectivity index (χ0v) is 11.0. The molecule has 1 atom stereocenters. The average molecular weight is 263 g/mol. The molecule has 14 heavy (non-hydrogen) atoms. The summed E-state index contributed by atoms with van der Waals surface area (Å²) in [6.45, 7) is 8.69. The molecule has 0 bridgehead atoms. The maximum atomic E-state index is 12.0. The normalized spacial score (nSPS) is 25.2. The lowest BCUT2D eigenvalue weighted by Gasteiger charge is -2.40. The smallest absolute Gasteiger partial charge is 0.239 e. The molecule has 0 aliphatic carbocycles. The third-order valence-corrected chi connectivity index (χ3v) is 2.94. The van der Waals surface area contributed by atoms with Crippen LogP contribution in [-0.4, -0.2) is 52.8 Å². The molecule has 0 N–H and O–H groups in total. The summed E-state index contributed by atoms with van der Waals surface area (Å²) in [6, 6.07) is 0.318. The summed E-state index contributed by atoms with van der Waals surface area (Å²) in [7, 11) is 2.09. The first-order valence-corrected chi connectivity index (χ1v) is 5.80. The van der Waals surface area contributed by atoms with Crippen LogP contribution in [0, 0.1) is 0 Å². The molecule has 1 aliphatic rings. The summed E-state index contributed by atoms with van der Waals surface area (Å²) in [5.74, 6) is 0.193. The van der Waals surface area contributed by atoms with Crippen molar-refractivity contribution in [1.29, 1.82) is 0 Å². The van der Waals surface area contributed by atoms with E-state index in [2.05, 4.69) is 34.8 Å². The quantitative estimate of drug-likeness (QED) is 0.666. The van der Waals surface area contributed by atoms with E-state index < -0.39 is 4.32 Å². The van der Waals surface area contributed by atoms with Crippen molar-refractivity contribution in [3.63, 3.8) is 0 Å². The second-order valence-electron chi connectivity index (χ2n) is 4.58. The van der Waals surface area contributed by atoms with Gasteiger partial charge in [-0.05, 0) is 27.8 Å². The predicted molar refractivity (Wildman–Crippen MR) is 61.7 cm³/mol. The number of carbonyl (C=O) groups excluding carboxylic acids is 1. The van der Waals surface area contributed by atoms with E-state index in [4.69, 9.17) is 0 Å². The topological polar surface area (TPSA) is 23.6 Å². The highest BCUT2D eigenvalue weighted by molar-refractivity contribution is 9.10. The largest absolute Gasteiger partial charge is 0.336 e. The van der Waals surface area contributed by atoms with E-state index in [1.165, 1.54) is 0 Å². The standard InChI is InChI=1S/C10H19BrN2O/c1-8-7-12(4)5-6-13(8)9(14)10(2,3)11/h8H,5-7H2,1-4H3. The van der Waals surface area contributed by atoms with Crippen LogP contribution in [0.5, 0.6) is 0 Å². The van der Waals surface area contributed by atoms with Crippen LogP contribution < -0.4 is 0 Å². The van der Waals surface area contributed by atoms with Crippen LogP contribution in [0.15, 0.2) is 0 Å². The molecule has 0 aromatic heterocycles. The fourth-order valence-corrected chi connectivity index (χ4v) is 2.01. The zero-order chi connectivity index (χ0) is 10.9. The number of nitrogens with zero attached hydrogens (tertiary/aromatic N) is 2. The van der Waals surface area contributed by atoms with Gasteiger partial charge in [0.2, 0.25) is 5.91 Å². The van der Waals surface area contributed by atoms with Gasteiger partial charge >= 0.3 is 0 Å². The van der Waals surface area contributed by atoms with Gasteiger partial charge in [-0.15, -0.1) is 0 Å². The van der Waals surface area contributed by atoms with E-state index in [-0.39, 0.29) is 5.91 Å². The summed E-state index contributed by atoms with van der Waals surface area (Å²) < 4.78 is -0.433. The molecule has 1 rings (SSSR count). The van der Waals surface area contributed by atoms with Crippen molar-refractivity contribution in [3.8, 4) is 0 Å². The van der Waals surface area contributed by atoms with Crippen molar-refractivity contribution in [2.75, 3.05) is 26.7 Å². The first kappa shape index (κ1) is 12.0. The Labute approximate surface area is 94.6 Å². The number of piperazine rings is 1. The lowest BCUT2D eigenvalue weighted by atomic mass is 10.1. The molecule has 3 nitrogen and oxygen atoms in total. The Balaban J connectivity index is 2.65. The molecular weight excluding hydrogens is 244 g/mol. The number of hydrogen-bond donors (Lipinski definition) is 0. The highest BCUT2D eigenvalue weighted by atomic mass is 79.9. The minimum absolute atomic E-state index is 0.193. The fourth-order valence-electron chi connectivity index (χ4n) is 1.78. The first-order chi connectivity index (χ1) is 6.32. The van der Waals surface area contributed by atoms with Gasteiger partial charge in [0.05, 0.1) is 4.32 Å². The van der Waals surface area contributed by atoms with Crippen molar-refractivity contribution in [2.24, 2.45) is 0 Å². The van der Waals surface area contributed by atoms with Crippen molar-refractivity contribution >= 4 is 21.8 Å². The summed E-state index contributed by atoms with van der Waals surface area (Å²) in [6.07, 6.45) is 0. The Hall–Kier alpha value is -0.0900. The molecule has 1 unspecified atom stereocenters. The van der Waals surface area contributed by atoms with Crippen LogP contribution in [0.2, 0.25) is 0 Å². The van der Waals surface area contributed by atoms with Crippen molar-refractivity contribution in [3.05, 3.63) is 0 Å². The molecule has 1 amide bonds. The van der Waals surface area contributed by atoms with Crippen LogP contribution in [0.1, 0.15) is 20.8 Å². The Kier molecular flexibility index (Phi) is 3.58. The Morgan fingerprint density at radius 2 is 2.00 bits per heavy atom. The Morgan fingerprint density at radius 1 is 1.43 bits per heavy atom. The number of rotatable bonds is 1. The number of halogens is 1. The van der Waals surface area contributed by atoms with Gasteiger partial charge in [-0.2, -0.15) is 0 Å². The minimum atomic E-state index is -0.433. The molecule has 0 aromatic carbocycles. The Bertz CT molecular complexity index is 225. The van der Waals surface area contributed by atoms with Gasteiger partial charge in [-0.1, -0.05) is 15.9 Å². The van der Waals surface area contributed by atoms with E-state index in [1.54, 1.807) is 0 Å². The van der Waals surface area contributed by atoms with Crippen molar-refractivity contribution in [1.82, 2.24) is 9.80 Å². The molecular formula is C10H19BrN2O. The van der Waals surface area contributed by atoms with E-state index >= 15 is 0 Å². The molecule has 1 fully saturated rings. The van der Waals surface area contributed by atoms with Gasteiger partial charge in [-0.25, -0.2) is 0 Å². The highest BCUT2D eigenvalue weighted by Gasteiger charge is 2.33.